The van der Waals surface area contributed by atoms with Crippen LogP contribution in [0.2, 0.25) is 0 Å². The van der Waals surface area contributed by atoms with Crippen LogP contribution in [0.3, 0.4) is 0 Å². The Kier molecular flexibility index (Phi) is 8.40. The van der Waals surface area contributed by atoms with Crippen molar-refractivity contribution in [2.24, 2.45) is 17.8 Å². The van der Waals surface area contributed by atoms with Gasteiger partial charge in [-0.25, -0.2) is 0 Å². The number of rotatable bonds is 9. The molecule has 1 atom stereocenters. The zero-order valence-corrected chi connectivity index (χ0v) is 13.6. The summed E-state index contributed by atoms with van der Waals surface area (Å²) in [5, 5.41) is 11.8. The Morgan fingerprint density at radius 2 is 1.86 bits per heavy atom. The average molecular weight is 297 g/mol. The van der Waals surface area contributed by atoms with Crippen LogP contribution in [0.5, 0.6) is 0 Å². The largest absolute Gasteiger partial charge is 0.481 e. The first-order chi connectivity index (χ1) is 10.0. The summed E-state index contributed by atoms with van der Waals surface area (Å²) in [6.07, 6.45) is 9.67. The van der Waals surface area contributed by atoms with Crippen molar-refractivity contribution in [3.8, 4) is 0 Å². The summed E-state index contributed by atoms with van der Waals surface area (Å²) in [6, 6.07) is 0. The van der Waals surface area contributed by atoms with Gasteiger partial charge in [0.15, 0.2) is 0 Å². The third kappa shape index (κ3) is 6.96. The SMILES string of the molecule is CCCCC1CCC(C(=O)NCCCC(C)C(=O)O)CC1. The van der Waals surface area contributed by atoms with Crippen LogP contribution >= 0.6 is 0 Å². The second kappa shape index (κ2) is 9.80. The molecule has 0 radical (unpaired) electrons. The van der Waals surface area contributed by atoms with Crippen molar-refractivity contribution < 1.29 is 14.7 Å². The van der Waals surface area contributed by atoms with Gasteiger partial charge in [0.25, 0.3) is 0 Å². The molecule has 1 fully saturated rings. The Morgan fingerprint density at radius 3 is 2.43 bits per heavy atom. The van der Waals surface area contributed by atoms with Gasteiger partial charge >= 0.3 is 5.97 Å². The molecule has 1 rings (SSSR count). The number of aliphatic carboxylic acids is 1. The molecule has 1 amide bonds. The highest BCUT2D eigenvalue weighted by atomic mass is 16.4. The van der Waals surface area contributed by atoms with E-state index >= 15 is 0 Å². The second-order valence-corrected chi connectivity index (χ2v) is 6.53. The van der Waals surface area contributed by atoms with Gasteiger partial charge in [0.2, 0.25) is 5.91 Å². The summed E-state index contributed by atoms with van der Waals surface area (Å²) >= 11 is 0. The first-order valence-corrected chi connectivity index (χ1v) is 8.55. The van der Waals surface area contributed by atoms with Crippen LogP contribution in [-0.2, 0) is 9.59 Å². The normalized spacial score (nSPS) is 23.5. The van der Waals surface area contributed by atoms with Crippen LogP contribution in [0.25, 0.3) is 0 Å². The molecule has 0 aromatic rings. The summed E-state index contributed by atoms with van der Waals surface area (Å²) in [6.45, 7) is 4.54. The number of carboxylic acids is 1. The Morgan fingerprint density at radius 1 is 1.19 bits per heavy atom. The maximum Gasteiger partial charge on any atom is 0.306 e. The van der Waals surface area contributed by atoms with Crippen LogP contribution in [0.4, 0.5) is 0 Å². The number of carboxylic acid groups (broad SMARTS) is 1. The van der Waals surface area contributed by atoms with Gasteiger partial charge in [-0.2, -0.15) is 0 Å². The number of amides is 1. The van der Waals surface area contributed by atoms with Crippen LogP contribution in [-0.4, -0.2) is 23.5 Å². The molecule has 0 bridgehead atoms. The predicted molar refractivity (Wildman–Crippen MR) is 84.0 cm³/mol. The summed E-state index contributed by atoms with van der Waals surface area (Å²) < 4.78 is 0. The van der Waals surface area contributed by atoms with Crippen LogP contribution in [0.15, 0.2) is 0 Å². The van der Waals surface area contributed by atoms with E-state index in [2.05, 4.69) is 12.2 Å². The molecule has 21 heavy (non-hydrogen) atoms. The molecule has 1 aliphatic carbocycles. The van der Waals surface area contributed by atoms with Crippen molar-refractivity contribution in [3.05, 3.63) is 0 Å². The van der Waals surface area contributed by atoms with Crippen LogP contribution < -0.4 is 5.32 Å². The number of hydrogen-bond donors (Lipinski definition) is 2. The number of carbonyl (C=O) groups excluding carboxylic acids is 1. The van der Waals surface area contributed by atoms with Crippen molar-refractivity contribution in [1.29, 1.82) is 0 Å². The van der Waals surface area contributed by atoms with Gasteiger partial charge in [-0.1, -0.05) is 33.1 Å². The lowest BCUT2D eigenvalue weighted by Gasteiger charge is -2.27. The molecule has 2 N–H and O–H groups in total. The molecule has 1 unspecified atom stereocenters. The molecule has 4 nitrogen and oxygen atoms in total. The highest BCUT2D eigenvalue weighted by molar-refractivity contribution is 5.78. The highest BCUT2D eigenvalue weighted by Crippen LogP contribution is 2.31. The Hall–Kier alpha value is -1.06. The zero-order valence-electron chi connectivity index (χ0n) is 13.6. The zero-order chi connectivity index (χ0) is 15.7. The van der Waals surface area contributed by atoms with E-state index < -0.39 is 5.97 Å². The standard InChI is InChI=1S/C17H31NO3/c1-3-4-7-14-8-10-15(11-9-14)16(19)18-12-5-6-13(2)17(20)21/h13-15H,3-12H2,1-2H3,(H,18,19)(H,20,21). The minimum Gasteiger partial charge on any atom is -0.481 e. The molecule has 0 heterocycles. The molecular weight excluding hydrogens is 266 g/mol. The van der Waals surface area contributed by atoms with E-state index in [0.717, 1.165) is 25.2 Å². The van der Waals surface area contributed by atoms with Crippen molar-refractivity contribution in [2.75, 3.05) is 6.54 Å². The van der Waals surface area contributed by atoms with E-state index in [4.69, 9.17) is 5.11 Å². The summed E-state index contributed by atoms with van der Waals surface area (Å²) in [5.74, 6) is 0.0970. The van der Waals surface area contributed by atoms with Gasteiger partial charge in [0.05, 0.1) is 5.92 Å². The fourth-order valence-electron chi connectivity index (χ4n) is 3.09. The minimum atomic E-state index is -0.758. The number of carbonyl (C=O) groups is 2. The first-order valence-electron chi connectivity index (χ1n) is 8.55. The predicted octanol–water partition coefficient (Wildman–Crippen LogP) is 3.60. The van der Waals surface area contributed by atoms with E-state index in [0.29, 0.717) is 13.0 Å². The molecule has 0 aromatic heterocycles. The maximum absolute atomic E-state index is 12.1. The molecule has 1 saturated carbocycles. The molecule has 4 heteroatoms. The van der Waals surface area contributed by atoms with E-state index in [1.165, 1.54) is 32.1 Å². The first kappa shape index (κ1) is 18.0. The molecule has 122 valence electrons. The topological polar surface area (TPSA) is 66.4 Å². The fraction of sp³-hybridized carbons (Fsp3) is 0.882. The van der Waals surface area contributed by atoms with Gasteiger partial charge in [-0.15, -0.1) is 0 Å². The smallest absolute Gasteiger partial charge is 0.306 e. The summed E-state index contributed by atoms with van der Waals surface area (Å²) in [7, 11) is 0. The molecule has 0 spiro atoms. The van der Waals surface area contributed by atoms with E-state index in [1.807, 2.05) is 0 Å². The van der Waals surface area contributed by atoms with E-state index in [9.17, 15) is 9.59 Å². The summed E-state index contributed by atoms with van der Waals surface area (Å²) in [4.78, 5) is 22.8. The molecule has 0 aromatic carbocycles. The van der Waals surface area contributed by atoms with Crippen LogP contribution in [0, 0.1) is 17.8 Å². The van der Waals surface area contributed by atoms with Gasteiger partial charge in [0.1, 0.15) is 0 Å². The lowest BCUT2D eigenvalue weighted by Crippen LogP contribution is -2.34. The van der Waals surface area contributed by atoms with Crippen molar-refractivity contribution in [1.82, 2.24) is 5.32 Å². The third-order valence-corrected chi connectivity index (χ3v) is 4.72. The van der Waals surface area contributed by atoms with Gasteiger partial charge in [-0.05, 0) is 44.4 Å². The Bertz CT molecular complexity index is 322. The van der Waals surface area contributed by atoms with Gasteiger partial charge in [0, 0.05) is 12.5 Å². The molecule has 1 aliphatic rings. The van der Waals surface area contributed by atoms with Crippen molar-refractivity contribution in [2.45, 2.75) is 71.6 Å². The number of unbranched alkanes of at least 4 members (excludes halogenated alkanes) is 1. The lowest BCUT2D eigenvalue weighted by molar-refractivity contribution is -0.141. The number of hydrogen-bond acceptors (Lipinski definition) is 2. The van der Waals surface area contributed by atoms with Crippen molar-refractivity contribution >= 4 is 11.9 Å². The van der Waals surface area contributed by atoms with Gasteiger partial charge in [-0.3, -0.25) is 9.59 Å². The van der Waals surface area contributed by atoms with Gasteiger partial charge < -0.3 is 10.4 Å². The van der Waals surface area contributed by atoms with E-state index in [-0.39, 0.29) is 17.7 Å². The summed E-state index contributed by atoms with van der Waals surface area (Å²) in [5.41, 5.74) is 0. The third-order valence-electron chi connectivity index (χ3n) is 4.72. The van der Waals surface area contributed by atoms with E-state index in [1.54, 1.807) is 6.92 Å². The monoisotopic (exact) mass is 297 g/mol. The number of nitrogens with one attached hydrogen (secondary N) is 1. The van der Waals surface area contributed by atoms with Crippen LogP contribution in [0.1, 0.15) is 71.6 Å². The molecule has 0 saturated heterocycles. The second-order valence-electron chi connectivity index (χ2n) is 6.53. The molecule has 0 aliphatic heterocycles. The Balaban J connectivity index is 2.12. The quantitative estimate of drug-likeness (QED) is 0.639. The Labute approximate surface area is 128 Å². The average Bonchev–Trinajstić information content (AvgIpc) is 2.49. The highest BCUT2D eigenvalue weighted by Gasteiger charge is 2.25. The van der Waals surface area contributed by atoms with Crippen molar-refractivity contribution in [3.63, 3.8) is 0 Å². The lowest BCUT2D eigenvalue weighted by atomic mass is 9.79. The maximum atomic E-state index is 12.1. The fourth-order valence-corrected chi connectivity index (χ4v) is 3.09. The minimum absolute atomic E-state index is 0.173. The molecular formula is C17H31NO3.